The molecule has 0 aromatic heterocycles. The molecule has 0 fully saturated rings. The lowest BCUT2D eigenvalue weighted by Gasteiger charge is -2.07. The molecule has 0 saturated carbocycles. The van der Waals surface area contributed by atoms with Gasteiger partial charge in [0.05, 0.1) is 0 Å². The standard InChI is InChI=1S/C7H18N2O4S2/c1-3-5-8-14(10,11)7-15(12,13)9-6-4-2/h8-9H,3-7H2,1-2H3. The Balaban J connectivity index is 4.32. The molecule has 0 aliphatic heterocycles. The fraction of sp³-hybridized carbons (Fsp3) is 1.00. The van der Waals surface area contributed by atoms with Gasteiger partial charge in [-0.1, -0.05) is 13.8 Å². The van der Waals surface area contributed by atoms with E-state index in [9.17, 15) is 16.8 Å². The molecule has 0 aliphatic carbocycles. The van der Waals surface area contributed by atoms with Crippen LogP contribution in [0.1, 0.15) is 26.7 Å². The Morgan fingerprint density at radius 2 is 1.13 bits per heavy atom. The smallest absolute Gasteiger partial charge is 0.214 e. The molecule has 0 spiro atoms. The molecule has 6 nitrogen and oxygen atoms in total. The first-order chi connectivity index (χ1) is 6.83. The highest BCUT2D eigenvalue weighted by Crippen LogP contribution is 1.93. The fourth-order valence-electron chi connectivity index (χ4n) is 0.803. The maximum absolute atomic E-state index is 11.2. The van der Waals surface area contributed by atoms with E-state index in [1.54, 1.807) is 13.8 Å². The van der Waals surface area contributed by atoms with Gasteiger partial charge in [-0.25, -0.2) is 26.3 Å². The summed E-state index contributed by atoms with van der Waals surface area (Å²) in [6.07, 6.45) is 1.25. The molecule has 2 N–H and O–H groups in total. The zero-order valence-corrected chi connectivity index (χ0v) is 10.6. The lowest BCUT2D eigenvalue weighted by atomic mass is 10.5. The summed E-state index contributed by atoms with van der Waals surface area (Å²) in [6, 6.07) is 0. The van der Waals surface area contributed by atoms with Crippen molar-refractivity contribution < 1.29 is 16.8 Å². The highest BCUT2D eigenvalue weighted by atomic mass is 32.3. The van der Waals surface area contributed by atoms with E-state index >= 15 is 0 Å². The Morgan fingerprint density at radius 1 is 0.800 bits per heavy atom. The van der Waals surface area contributed by atoms with Crippen molar-refractivity contribution >= 4 is 20.0 Å². The predicted octanol–water partition coefficient (Wildman–Crippen LogP) is -0.397. The molecule has 0 unspecified atom stereocenters. The van der Waals surface area contributed by atoms with Crippen LogP contribution in [0, 0.1) is 0 Å². The number of sulfonamides is 2. The first kappa shape index (κ1) is 14.8. The lowest BCUT2D eigenvalue weighted by molar-refractivity contribution is 0.572. The summed E-state index contributed by atoms with van der Waals surface area (Å²) in [7, 11) is -7.46. The second-order valence-corrected chi connectivity index (χ2v) is 7.12. The molecule has 0 rings (SSSR count). The molecule has 0 aromatic carbocycles. The van der Waals surface area contributed by atoms with Gasteiger partial charge < -0.3 is 0 Å². The van der Waals surface area contributed by atoms with Gasteiger partial charge in [0.2, 0.25) is 20.0 Å². The minimum Gasteiger partial charge on any atom is -0.214 e. The van der Waals surface area contributed by atoms with Crippen LogP contribution in [0.2, 0.25) is 0 Å². The summed E-state index contributed by atoms with van der Waals surface area (Å²) < 4.78 is 49.3. The minimum atomic E-state index is -3.73. The van der Waals surface area contributed by atoms with E-state index < -0.39 is 25.1 Å². The molecule has 8 heteroatoms. The van der Waals surface area contributed by atoms with Crippen molar-refractivity contribution in [1.29, 1.82) is 0 Å². The van der Waals surface area contributed by atoms with Gasteiger partial charge in [-0.3, -0.25) is 0 Å². The van der Waals surface area contributed by atoms with Crippen molar-refractivity contribution in [3.8, 4) is 0 Å². The van der Waals surface area contributed by atoms with Crippen LogP contribution in [-0.2, 0) is 20.0 Å². The van der Waals surface area contributed by atoms with E-state index in [-0.39, 0.29) is 13.1 Å². The van der Waals surface area contributed by atoms with Gasteiger partial charge in [0.25, 0.3) is 0 Å². The third kappa shape index (κ3) is 7.71. The van der Waals surface area contributed by atoms with Gasteiger partial charge in [-0.15, -0.1) is 0 Å². The molecule has 0 heterocycles. The summed E-state index contributed by atoms with van der Waals surface area (Å²) in [6.45, 7) is 4.11. The van der Waals surface area contributed by atoms with E-state index in [0.717, 1.165) is 0 Å². The Bertz CT molecular complexity index is 324. The number of rotatable bonds is 8. The number of hydrogen-bond donors (Lipinski definition) is 2. The number of hydrogen-bond acceptors (Lipinski definition) is 4. The molecule has 0 bridgehead atoms. The van der Waals surface area contributed by atoms with Crippen LogP contribution in [0.5, 0.6) is 0 Å². The van der Waals surface area contributed by atoms with E-state index in [4.69, 9.17) is 0 Å². The van der Waals surface area contributed by atoms with Crippen molar-refractivity contribution in [3.63, 3.8) is 0 Å². The molecule has 0 amide bonds. The average Bonchev–Trinajstić information content (AvgIpc) is 2.10. The summed E-state index contributed by atoms with van der Waals surface area (Å²) in [5.41, 5.74) is 0. The van der Waals surface area contributed by atoms with E-state index in [1.165, 1.54) is 0 Å². The van der Waals surface area contributed by atoms with Crippen LogP contribution >= 0.6 is 0 Å². The summed E-state index contributed by atoms with van der Waals surface area (Å²) in [4.78, 5) is 0. The van der Waals surface area contributed by atoms with Crippen molar-refractivity contribution in [2.45, 2.75) is 26.7 Å². The largest absolute Gasteiger partial charge is 0.227 e. The van der Waals surface area contributed by atoms with Crippen LogP contribution in [0.25, 0.3) is 0 Å². The normalized spacial score (nSPS) is 12.9. The van der Waals surface area contributed by atoms with E-state index in [0.29, 0.717) is 12.8 Å². The zero-order chi connectivity index (χ0) is 11.9. The van der Waals surface area contributed by atoms with Crippen LogP contribution in [0.4, 0.5) is 0 Å². The Kier molecular flexibility index (Phi) is 6.34. The second-order valence-electron chi connectivity index (χ2n) is 3.14. The van der Waals surface area contributed by atoms with Crippen molar-refractivity contribution in [2.24, 2.45) is 0 Å². The van der Waals surface area contributed by atoms with E-state index in [1.807, 2.05) is 0 Å². The van der Waals surface area contributed by atoms with Crippen molar-refractivity contribution in [3.05, 3.63) is 0 Å². The molecule has 0 aliphatic rings. The van der Waals surface area contributed by atoms with Gasteiger partial charge >= 0.3 is 0 Å². The third-order valence-electron chi connectivity index (χ3n) is 1.45. The Hall–Kier alpha value is -0.180. The average molecular weight is 258 g/mol. The monoisotopic (exact) mass is 258 g/mol. The number of nitrogens with one attached hydrogen (secondary N) is 2. The van der Waals surface area contributed by atoms with Gasteiger partial charge in [-0.2, -0.15) is 0 Å². The molecule has 0 atom stereocenters. The van der Waals surface area contributed by atoms with Crippen LogP contribution in [0.15, 0.2) is 0 Å². The van der Waals surface area contributed by atoms with Gasteiger partial charge in [0, 0.05) is 13.1 Å². The highest BCUT2D eigenvalue weighted by molar-refractivity contribution is 8.06. The lowest BCUT2D eigenvalue weighted by Crippen LogP contribution is -2.36. The maximum Gasteiger partial charge on any atom is 0.227 e. The van der Waals surface area contributed by atoms with Crippen LogP contribution in [0.3, 0.4) is 0 Å². The van der Waals surface area contributed by atoms with E-state index in [2.05, 4.69) is 9.44 Å². The SMILES string of the molecule is CCCNS(=O)(=O)CS(=O)(=O)NCCC. The van der Waals surface area contributed by atoms with Gasteiger partial charge in [0.15, 0.2) is 5.08 Å². The quantitative estimate of drug-likeness (QED) is 0.620. The first-order valence-electron chi connectivity index (χ1n) is 4.77. The van der Waals surface area contributed by atoms with Crippen molar-refractivity contribution in [1.82, 2.24) is 9.44 Å². The van der Waals surface area contributed by atoms with Gasteiger partial charge in [-0.05, 0) is 12.8 Å². The summed E-state index contributed by atoms with van der Waals surface area (Å²) in [5, 5.41) is -0.903. The Morgan fingerprint density at radius 3 is 1.40 bits per heavy atom. The molecule has 92 valence electrons. The molecule has 0 aromatic rings. The topological polar surface area (TPSA) is 92.3 Å². The van der Waals surface area contributed by atoms with Crippen LogP contribution < -0.4 is 9.44 Å². The fourth-order valence-corrected chi connectivity index (χ4v) is 4.13. The minimum absolute atomic E-state index is 0.256. The van der Waals surface area contributed by atoms with Gasteiger partial charge in [0.1, 0.15) is 0 Å². The van der Waals surface area contributed by atoms with Crippen LogP contribution in [-0.4, -0.2) is 35.0 Å². The third-order valence-corrected chi connectivity index (χ3v) is 5.22. The maximum atomic E-state index is 11.2. The molecule has 15 heavy (non-hydrogen) atoms. The molecular weight excluding hydrogens is 240 g/mol. The summed E-state index contributed by atoms with van der Waals surface area (Å²) in [5.74, 6) is 0. The zero-order valence-electron chi connectivity index (χ0n) is 8.99. The molecular formula is C7H18N2O4S2. The highest BCUT2D eigenvalue weighted by Gasteiger charge is 2.20. The summed E-state index contributed by atoms with van der Waals surface area (Å²) >= 11 is 0. The first-order valence-corrected chi connectivity index (χ1v) is 8.08. The Labute approximate surface area is 91.6 Å². The molecule has 0 radical (unpaired) electrons. The van der Waals surface area contributed by atoms with Crippen molar-refractivity contribution in [2.75, 3.05) is 18.2 Å². The second kappa shape index (κ2) is 6.41. The predicted molar refractivity (Wildman–Crippen MR) is 59.3 cm³/mol. The molecule has 0 saturated heterocycles.